The van der Waals surface area contributed by atoms with Crippen LogP contribution in [0.5, 0.6) is 0 Å². The normalized spacial score (nSPS) is 11.4. The Morgan fingerprint density at radius 1 is 1.30 bits per heavy atom. The number of carbonyl (C=O) groups excluding carboxylic acids is 1. The minimum atomic E-state index is -3.53. The summed E-state index contributed by atoms with van der Waals surface area (Å²) in [5, 5.41) is 6.65. The molecule has 2 aromatic rings. The topological polar surface area (TPSA) is 95.8 Å². The van der Waals surface area contributed by atoms with Crippen LogP contribution in [0.4, 0.5) is 10.5 Å². The molecule has 0 unspecified atom stereocenters. The van der Waals surface area contributed by atoms with Crippen molar-refractivity contribution in [2.45, 2.75) is 13.8 Å². The summed E-state index contributed by atoms with van der Waals surface area (Å²) < 4.78 is 28.3. The highest BCUT2D eigenvalue weighted by Crippen LogP contribution is 2.12. The summed E-state index contributed by atoms with van der Waals surface area (Å²) >= 11 is 0. The monoisotopic (exact) mass is 339 g/mol. The molecular weight excluding hydrogens is 318 g/mol. The maximum atomic E-state index is 12.1. The van der Waals surface area contributed by atoms with Crippen molar-refractivity contribution in [3.8, 4) is 0 Å². The highest BCUT2D eigenvalue weighted by Gasteiger charge is 2.13. The molecule has 126 valence electrons. The van der Waals surface area contributed by atoms with E-state index in [0.717, 1.165) is 5.52 Å². The van der Waals surface area contributed by atoms with Crippen LogP contribution in [0.15, 0.2) is 30.6 Å². The van der Waals surface area contributed by atoms with Crippen molar-refractivity contribution in [1.82, 2.24) is 19.8 Å². The van der Waals surface area contributed by atoms with Crippen molar-refractivity contribution in [2.24, 2.45) is 0 Å². The maximum absolute atomic E-state index is 12.1. The molecule has 0 saturated carbocycles. The van der Waals surface area contributed by atoms with Gasteiger partial charge in [0.1, 0.15) is 0 Å². The first-order valence-corrected chi connectivity index (χ1v) is 9.07. The molecule has 2 amide bonds. The van der Waals surface area contributed by atoms with E-state index in [9.17, 15) is 13.2 Å². The highest BCUT2D eigenvalue weighted by atomic mass is 32.2. The Morgan fingerprint density at radius 2 is 2.04 bits per heavy atom. The van der Waals surface area contributed by atoms with Crippen LogP contribution in [0, 0.1) is 0 Å². The van der Waals surface area contributed by atoms with Gasteiger partial charge in [-0.05, 0) is 32.0 Å². The summed E-state index contributed by atoms with van der Waals surface area (Å²) in [5.41, 5.74) is 1.26. The molecule has 0 aliphatic heterocycles. The maximum Gasteiger partial charge on any atom is 0.317 e. The van der Waals surface area contributed by atoms with Crippen molar-refractivity contribution in [2.75, 3.05) is 30.1 Å². The summed E-state index contributed by atoms with van der Waals surface area (Å²) in [6, 6.07) is 4.85. The summed E-state index contributed by atoms with van der Waals surface area (Å²) in [4.78, 5) is 13.3. The van der Waals surface area contributed by atoms with E-state index in [1.165, 1.54) is 0 Å². The number of hydrogen-bond donors (Lipinski definition) is 2. The van der Waals surface area contributed by atoms with E-state index in [0.29, 0.717) is 18.8 Å². The van der Waals surface area contributed by atoms with E-state index < -0.39 is 10.0 Å². The molecule has 0 radical (unpaired) electrons. The Balaban J connectivity index is 1.90. The quantitative estimate of drug-likeness (QED) is 0.790. The molecule has 2 N–H and O–H groups in total. The number of nitrogens with zero attached hydrogens (tertiary/aromatic N) is 3. The number of sulfonamides is 1. The summed E-state index contributed by atoms with van der Waals surface area (Å²) in [6.07, 6.45) is 3.31. The van der Waals surface area contributed by atoms with Crippen LogP contribution in [0.2, 0.25) is 0 Å². The number of hydrogen-bond acceptors (Lipinski definition) is 4. The second kappa shape index (κ2) is 7.32. The van der Waals surface area contributed by atoms with Gasteiger partial charge in [0.15, 0.2) is 0 Å². The Labute approximate surface area is 135 Å². The van der Waals surface area contributed by atoms with E-state index in [1.807, 2.05) is 13.8 Å². The predicted molar refractivity (Wildman–Crippen MR) is 88.9 cm³/mol. The molecule has 0 fully saturated rings. The Kier molecular flexibility index (Phi) is 5.43. The van der Waals surface area contributed by atoms with E-state index in [-0.39, 0.29) is 18.3 Å². The van der Waals surface area contributed by atoms with Crippen molar-refractivity contribution in [3.05, 3.63) is 30.6 Å². The third kappa shape index (κ3) is 4.59. The first-order valence-electron chi connectivity index (χ1n) is 7.42. The number of rotatable bonds is 7. The zero-order valence-corrected chi connectivity index (χ0v) is 14.0. The highest BCUT2D eigenvalue weighted by molar-refractivity contribution is 7.92. The Bertz CT molecular complexity index is 768. The number of amides is 2. The molecule has 2 aromatic heterocycles. The number of pyridine rings is 1. The number of aromatic nitrogens is 2. The van der Waals surface area contributed by atoms with Gasteiger partial charge >= 0.3 is 6.03 Å². The molecule has 0 atom stereocenters. The van der Waals surface area contributed by atoms with E-state index in [4.69, 9.17) is 0 Å². The minimum absolute atomic E-state index is 0.0552. The van der Waals surface area contributed by atoms with Crippen molar-refractivity contribution >= 4 is 27.3 Å². The lowest BCUT2D eigenvalue weighted by Gasteiger charge is -2.19. The van der Waals surface area contributed by atoms with Gasteiger partial charge in [-0.25, -0.2) is 17.7 Å². The fourth-order valence-electron chi connectivity index (χ4n) is 2.13. The van der Waals surface area contributed by atoms with Crippen molar-refractivity contribution in [1.29, 1.82) is 0 Å². The van der Waals surface area contributed by atoms with Gasteiger partial charge < -0.3 is 10.2 Å². The van der Waals surface area contributed by atoms with Crippen molar-refractivity contribution < 1.29 is 13.2 Å². The SMILES string of the molecule is CCN(CC)C(=O)NCCS(=O)(=O)Nc1ccn2nccc2c1. The van der Waals surface area contributed by atoms with Gasteiger partial charge in [0.05, 0.1) is 17.0 Å². The lowest BCUT2D eigenvalue weighted by Crippen LogP contribution is -2.41. The van der Waals surface area contributed by atoms with Gasteiger partial charge in [0, 0.05) is 32.0 Å². The number of urea groups is 1. The third-order valence-electron chi connectivity index (χ3n) is 3.37. The van der Waals surface area contributed by atoms with Crippen LogP contribution >= 0.6 is 0 Å². The second-order valence-electron chi connectivity index (χ2n) is 4.94. The number of anilines is 1. The molecule has 9 heteroatoms. The van der Waals surface area contributed by atoms with E-state index in [2.05, 4.69) is 15.1 Å². The van der Waals surface area contributed by atoms with Crippen molar-refractivity contribution in [3.63, 3.8) is 0 Å². The predicted octanol–water partition coefficient (Wildman–Crippen LogP) is 1.13. The van der Waals surface area contributed by atoms with Gasteiger partial charge in [0.2, 0.25) is 10.0 Å². The second-order valence-corrected chi connectivity index (χ2v) is 6.78. The molecule has 2 heterocycles. The first kappa shape index (κ1) is 17.1. The molecule has 0 aliphatic rings. The Hall–Kier alpha value is -2.29. The molecule has 0 aliphatic carbocycles. The largest absolute Gasteiger partial charge is 0.337 e. The van der Waals surface area contributed by atoms with Gasteiger partial charge in [0.25, 0.3) is 0 Å². The van der Waals surface area contributed by atoms with Crippen LogP contribution in [0.25, 0.3) is 5.52 Å². The first-order chi connectivity index (χ1) is 10.9. The number of carbonyl (C=O) groups is 1. The molecule has 8 nitrogen and oxygen atoms in total. The Morgan fingerprint density at radius 3 is 2.74 bits per heavy atom. The average Bonchev–Trinajstić information content (AvgIpc) is 2.95. The summed E-state index contributed by atoms with van der Waals surface area (Å²) in [7, 11) is -3.53. The molecule has 0 saturated heterocycles. The molecule has 0 bridgehead atoms. The molecule has 0 spiro atoms. The smallest absolute Gasteiger partial charge is 0.317 e. The lowest BCUT2D eigenvalue weighted by atomic mass is 10.4. The zero-order chi connectivity index (χ0) is 16.9. The number of nitrogens with one attached hydrogen (secondary N) is 2. The number of fused-ring (bicyclic) bond motifs is 1. The molecule has 23 heavy (non-hydrogen) atoms. The lowest BCUT2D eigenvalue weighted by molar-refractivity contribution is 0.204. The van der Waals surface area contributed by atoms with Gasteiger partial charge in [-0.2, -0.15) is 5.10 Å². The zero-order valence-electron chi connectivity index (χ0n) is 13.2. The van der Waals surface area contributed by atoms with Crippen LogP contribution in [-0.4, -0.2) is 54.4 Å². The average molecular weight is 339 g/mol. The van der Waals surface area contributed by atoms with E-state index >= 15 is 0 Å². The fourth-order valence-corrected chi connectivity index (χ4v) is 3.09. The van der Waals surface area contributed by atoms with Gasteiger partial charge in [-0.3, -0.25) is 4.72 Å². The van der Waals surface area contributed by atoms with Crippen LogP contribution in [-0.2, 0) is 10.0 Å². The molecular formula is C14H21N5O3S. The van der Waals surface area contributed by atoms with Gasteiger partial charge in [-0.15, -0.1) is 0 Å². The molecule has 2 rings (SSSR count). The van der Waals surface area contributed by atoms with Crippen LogP contribution in [0.3, 0.4) is 0 Å². The van der Waals surface area contributed by atoms with Gasteiger partial charge in [-0.1, -0.05) is 0 Å². The van der Waals surface area contributed by atoms with Crippen LogP contribution in [0.1, 0.15) is 13.8 Å². The standard InChI is InChI=1S/C14H21N5O3S/c1-3-18(4-2)14(20)15-8-10-23(21,22)17-12-6-9-19-13(11-12)5-7-16-19/h5-7,9,11,17H,3-4,8,10H2,1-2H3,(H,15,20). The minimum Gasteiger partial charge on any atom is -0.337 e. The summed E-state index contributed by atoms with van der Waals surface area (Å²) in [6.45, 7) is 4.96. The molecule has 0 aromatic carbocycles. The van der Waals surface area contributed by atoms with E-state index in [1.54, 1.807) is 40.0 Å². The van der Waals surface area contributed by atoms with Crippen LogP contribution < -0.4 is 10.0 Å². The summed E-state index contributed by atoms with van der Waals surface area (Å²) in [5.74, 6) is -0.190. The fraction of sp³-hybridized carbons (Fsp3) is 0.429. The third-order valence-corrected chi connectivity index (χ3v) is 4.66.